The number of hydrogen-bond donors (Lipinski definition) is 1. The summed E-state index contributed by atoms with van der Waals surface area (Å²) >= 11 is 0. The van der Waals surface area contributed by atoms with E-state index in [-0.39, 0.29) is 12.2 Å². The fraction of sp³-hybridized carbons (Fsp3) is 0.500. The van der Waals surface area contributed by atoms with Gasteiger partial charge in [0.05, 0.1) is 17.8 Å². The first-order valence-corrected chi connectivity index (χ1v) is 5.30. The third kappa shape index (κ3) is 3.66. The molecule has 0 unspecified atom stereocenters. The summed E-state index contributed by atoms with van der Waals surface area (Å²) in [4.78, 5) is 15.7. The summed E-state index contributed by atoms with van der Waals surface area (Å²) in [5.74, 6) is -3.70. The highest BCUT2D eigenvalue weighted by molar-refractivity contribution is 5.80. The summed E-state index contributed by atoms with van der Waals surface area (Å²) in [6.45, 7) is -0.150. The normalized spacial score (nSPS) is 26.2. The van der Waals surface area contributed by atoms with Gasteiger partial charge in [-0.05, 0) is 24.9 Å². The Balaban J connectivity index is 1.99. The summed E-state index contributed by atoms with van der Waals surface area (Å²) in [6, 6.07) is 1.94. The molecule has 0 spiro atoms. The van der Waals surface area contributed by atoms with E-state index in [1.54, 1.807) is 0 Å². The molecule has 19 heavy (non-hydrogen) atoms. The Bertz CT molecular complexity index is 636. The van der Waals surface area contributed by atoms with Gasteiger partial charge in [0.2, 0.25) is 5.91 Å². The minimum Gasteiger partial charge on any atom is -0.281 e. The predicted octanol–water partition coefficient (Wildman–Crippen LogP) is 1.97. The lowest BCUT2D eigenvalue weighted by Gasteiger charge is -2.18. The van der Waals surface area contributed by atoms with Crippen molar-refractivity contribution in [3.8, 4) is 0 Å². The van der Waals surface area contributed by atoms with Crippen LogP contribution in [0, 0.1) is 5.89 Å². The molecule has 1 amide bonds. The molecular weight excluding hydrogens is 259 g/mol. The molecule has 0 aliphatic heterocycles. The van der Waals surface area contributed by atoms with Gasteiger partial charge in [-0.25, -0.2) is 5.43 Å². The van der Waals surface area contributed by atoms with Crippen molar-refractivity contribution in [3.63, 3.8) is 0 Å². The van der Waals surface area contributed by atoms with Crippen LogP contribution in [0.1, 0.15) is 30.9 Å². The van der Waals surface area contributed by atoms with Gasteiger partial charge in [-0.1, -0.05) is 0 Å². The first-order valence-electron chi connectivity index (χ1n) is 7.80. The van der Waals surface area contributed by atoms with E-state index in [2.05, 4.69) is 10.4 Å². The first-order chi connectivity index (χ1) is 10.8. The molecule has 0 bridgehead atoms. The second-order valence-corrected chi connectivity index (χ2v) is 3.86. The zero-order valence-corrected chi connectivity index (χ0v) is 9.88. The minimum absolute atomic E-state index is 0.150. The average molecular weight is 278 g/mol. The number of carbonyl (C=O) groups is 1. The van der Waals surface area contributed by atoms with Crippen LogP contribution in [-0.4, -0.2) is 22.9 Å². The van der Waals surface area contributed by atoms with E-state index < -0.39 is 36.3 Å². The molecule has 0 radical (unpaired) electrons. The van der Waals surface area contributed by atoms with E-state index in [1.807, 2.05) is 0 Å². The third-order valence-corrected chi connectivity index (χ3v) is 2.42. The Morgan fingerprint density at radius 3 is 2.79 bits per heavy atom. The van der Waals surface area contributed by atoms with Gasteiger partial charge >= 0.3 is 6.18 Å². The smallest absolute Gasteiger partial charge is 0.281 e. The lowest BCUT2D eigenvalue weighted by Crippen LogP contribution is -2.40. The van der Waals surface area contributed by atoms with Crippen molar-refractivity contribution in [2.24, 2.45) is 5.89 Å². The van der Waals surface area contributed by atoms with E-state index >= 15 is 0 Å². The topological polar surface area (TPSA) is 45.2 Å². The van der Waals surface area contributed by atoms with Crippen LogP contribution in [-0.2, 0) is 17.5 Å². The fourth-order valence-electron chi connectivity index (χ4n) is 1.27. The van der Waals surface area contributed by atoms with E-state index in [4.69, 9.17) is 6.85 Å². The summed E-state index contributed by atoms with van der Waals surface area (Å²) in [5, 5.41) is 0.745. The predicted molar refractivity (Wildman–Crippen MR) is 61.6 cm³/mol. The molecule has 1 fully saturated rings. The van der Waals surface area contributed by atoms with E-state index in [0.717, 1.165) is 17.1 Å². The van der Waals surface area contributed by atoms with Gasteiger partial charge in [0, 0.05) is 26.0 Å². The van der Waals surface area contributed by atoms with Crippen LogP contribution in [0.5, 0.6) is 0 Å². The Morgan fingerprint density at radius 2 is 2.32 bits per heavy atom. The maximum absolute atomic E-state index is 12.4. The highest BCUT2D eigenvalue weighted by Gasteiger charge is 2.32. The lowest BCUT2D eigenvalue weighted by atomic mass is 10.2. The molecule has 1 heterocycles. The minimum atomic E-state index is -4.51. The third-order valence-electron chi connectivity index (χ3n) is 2.42. The van der Waals surface area contributed by atoms with Crippen molar-refractivity contribution in [3.05, 3.63) is 29.6 Å². The van der Waals surface area contributed by atoms with Crippen LogP contribution in [0.15, 0.2) is 18.3 Å². The first kappa shape index (κ1) is 8.52. The summed E-state index contributed by atoms with van der Waals surface area (Å²) in [5.41, 5.74) is 1.73. The number of hydrogen-bond acceptors (Lipinski definition) is 3. The molecule has 1 N–H and O–H groups in total. The fourth-order valence-corrected chi connectivity index (χ4v) is 1.27. The van der Waals surface area contributed by atoms with Crippen molar-refractivity contribution in [2.75, 3.05) is 7.05 Å². The second-order valence-electron chi connectivity index (χ2n) is 3.86. The molecule has 7 heteroatoms. The second kappa shape index (κ2) is 5.16. The van der Waals surface area contributed by atoms with E-state index in [0.29, 0.717) is 6.20 Å². The highest BCUT2D eigenvalue weighted by atomic mass is 19.4. The maximum Gasteiger partial charge on any atom is 0.417 e. The van der Waals surface area contributed by atoms with Crippen molar-refractivity contribution in [1.82, 2.24) is 15.4 Å². The van der Waals surface area contributed by atoms with Crippen molar-refractivity contribution in [2.45, 2.75) is 25.5 Å². The van der Waals surface area contributed by atoms with Gasteiger partial charge in [0.25, 0.3) is 0 Å². The molecule has 2 rings (SSSR count). The average Bonchev–Trinajstić information content (AvgIpc) is 2.81. The quantitative estimate of drug-likeness (QED) is 0.857. The van der Waals surface area contributed by atoms with Crippen molar-refractivity contribution < 1.29 is 24.8 Å². The van der Waals surface area contributed by atoms with Gasteiger partial charge in [-0.2, -0.15) is 13.2 Å². The van der Waals surface area contributed by atoms with Crippen LogP contribution < -0.4 is 5.43 Å². The summed E-state index contributed by atoms with van der Waals surface area (Å²) in [7, 11) is 1.17. The van der Waals surface area contributed by atoms with Crippen LogP contribution in [0.4, 0.5) is 13.2 Å². The maximum atomic E-state index is 12.4. The molecule has 1 aliphatic carbocycles. The Morgan fingerprint density at radius 1 is 1.63 bits per heavy atom. The number of carbonyl (C=O) groups excluding carboxylic acids is 1. The number of hydrazine groups is 1. The molecular formula is C12H14F3N3O. The Hall–Kier alpha value is -1.63. The van der Waals surface area contributed by atoms with E-state index in [9.17, 15) is 18.0 Å². The molecule has 104 valence electrons. The van der Waals surface area contributed by atoms with Crippen LogP contribution >= 0.6 is 0 Å². The van der Waals surface area contributed by atoms with Gasteiger partial charge in [0.1, 0.15) is 0 Å². The van der Waals surface area contributed by atoms with Crippen molar-refractivity contribution >= 4 is 5.91 Å². The van der Waals surface area contributed by atoms with Crippen LogP contribution in [0.25, 0.3) is 0 Å². The zero-order chi connectivity index (χ0) is 18.6. The SMILES string of the molecule is [2H]C1([2H])C([2H])([2H])C1([2H])C(=O)N(C)NCc1ccc(C(F)(F)F)cn1. The van der Waals surface area contributed by atoms with E-state index in [1.165, 1.54) is 7.05 Å². The molecule has 0 atom stereocenters. The molecule has 1 aliphatic rings. The molecule has 1 aromatic rings. The summed E-state index contributed by atoms with van der Waals surface area (Å²) < 4.78 is 74.7. The number of nitrogens with one attached hydrogen (secondary N) is 1. The number of halogens is 3. The van der Waals surface area contributed by atoms with Gasteiger partial charge in [0.15, 0.2) is 0 Å². The lowest BCUT2D eigenvalue weighted by molar-refractivity contribution is -0.137. The number of rotatable bonds is 4. The largest absolute Gasteiger partial charge is 0.417 e. The molecule has 0 saturated heterocycles. The zero-order valence-electron chi connectivity index (χ0n) is 14.9. The Labute approximate surface area is 115 Å². The van der Waals surface area contributed by atoms with Gasteiger partial charge in [-0.15, -0.1) is 0 Å². The number of alkyl halides is 3. The van der Waals surface area contributed by atoms with Crippen molar-refractivity contribution in [1.29, 1.82) is 0 Å². The Kier molecular flexibility index (Phi) is 2.32. The van der Waals surface area contributed by atoms with Gasteiger partial charge in [-0.3, -0.25) is 14.8 Å². The molecule has 4 nitrogen and oxygen atoms in total. The number of nitrogens with zero attached hydrogens (tertiary/aromatic N) is 2. The van der Waals surface area contributed by atoms with Crippen LogP contribution in [0.2, 0.25) is 0 Å². The molecule has 1 saturated carbocycles. The summed E-state index contributed by atoms with van der Waals surface area (Å²) in [6.07, 6.45) is -9.12. The number of pyridine rings is 1. The standard InChI is InChI=1S/C12H14F3N3O/c1-18(11(19)8-2-3-8)17-7-10-5-4-9(6-16-10)12(13,14)15/h4-6,8,17H,2-3,7H2,1H3/i2D2,3D2,8D. The molecule has 0 aromatic carbocycles. The number of amides is 1. The molecule has 1 aromatic heterocycles. The number of aromatic nitrogens is 1. The van der Waals surface area contributed by atoms with Gasteiger partial charge < -0.3 is 0 Å². The van der Waals surface area contributed by atoms with Crippen LogP contribution in [0.3, 0.4) is 0 Å². The highest BCUT2D eigenvalue weighted by Crippen LogP contribution is 2.30. The monoisotopic (exact) mass is 278 g/mol.